The van der Waals surface area contributed by atoms with Crippen molar-refractivity contribution in [3.05, 3.63) is 0 Å². The first-order chi connectivity index (χ1) is 7.08. The Balaban J connectivity index is 3.65. The summed E-state index contributed by atoms with van der Waals surface area (Å²) in [5.41, 5.74) is -0.387. The first-order valence-electron chi connectivity index (χ1n) is 5.35. The van der Waals surface area contributed by atoms with Crippen LogP contribution in [-0.4, -0.2) is 51.3 Å². The molecule has 0 fully saturated rings. The summed E-state index contributed by atoms with van der Waals surface area (Å²) < 4.78 is 5.00. The number of methoxy groups -OCH3 is 1. The first-order valence-corrected chi connectivity index (χ1v) is 5.35. The van der Waals surface area contributed by atoms with Crippen molar-refractivity contribution in [2.75, 3.05) is 40.9 Å². The van der Waals surface area contributed by atoms with Crippen molar-refractivity contribution in [2.45, 2.75) is 25.3 Å². The molecule has 0 aliphatic heterocycles. The van der Waals surface area contributed by atoms with E-state index < -0.39 is 0 Å². The Morgan fingerprint density at radius 2 is 2.13 bits per heavy atom. The van der Waals surface area contributed by atoms with Crippen molar-refractivity contribution in [2.24, 2.45) is 0 Å². The molecule has 1 atom stereocenters. The maximum Gasteiger partial charge on any atom is 0.103 e. The van der Waals surface area contributed by atoms with E-state index in [0.717, 1.165) is 32.5 Å². The fourth-order valence-corrected chi connectivity index (χ4v) is 1.30. The van der Waals surface area contributed by atoms with Crippen LogP contribution in [0, 0.1) is 11.3 Å². The molecule has 0 aliphatic rings. The number of likely N-dealkylation sites (N-methyl/N-ethyl adjacent to an activating group) is 1. The van der Waals surface area contributed by atoms with E-state index in [2.05, 4.69) is 23.3 Å². The van der Waals surface area contributed by atoms with Gasteiger partial charge >= 0.3 is 0 Å². The minimum atomic E-state index is -0.387. The molecule has 0 aliphatic carbocycles. The molecule has 0 saturated carbocycles. The van der Waals surface area contributed by atoms with Gasteiger partial charge in [-0.1, -0.05) is 0 Å². The minimum Gasteiger partial charge on any atom is -0.383 e. The Labute approximate surface area is 93.2 Å². The van der Waals surface area contributed by atoms with Crippen molar-refractivity contribution in [3.63, 3.8) is 0 Å². The lowest BCUT2D eigenvalue weighted by Crippen LogP contribution is -2.38. The first kappa shape index (κ1) is 14.4. The lowest BCUT2D eigenvalue weighted by molar-refractivity contribution is 0.159. The second kappa shape index (κ2) is 7.63. The molecule has 0 aromatic heterocycles. The Kier molecular flexibility index (Phi) is 7.31. The average molecular weight is 213 g/mol. The number of ether oxygens (including phenoxy) is 1. The zero-order valence-corrected chi connectivity index (χ0v) is 10.3. The van der Waals surface area contributed by atoms with Crippen molar-refractivity contribution >= 4 is 0 Å². The monoisotopic (exact) mass is 213 g/mol. The summed E-state index contributed by atoms with van der Waals surface area (Å²) in [7, 11) is 5.61. The summed E-state index contributed by atoms with van der Waals surface area (Å²) in [6.07, 6.45) is 1.89. The lowest BCUT2D eigenvalue weighted by Gasteiger charge is -2.22. The molecule has 0 amide bonds. The fraction of sp³-hybridized carbons (Fsp3) is 0.909. The van der Waals surface area contributed by atoms with Crippen LogP contribution >= 0.6 is 0 Å². The van der Waals surface area contributed by atoms with Crippen LogP contribution in [0.15, 0.2) is 0 Å². The molecule has 0 saturated heterocycles. The standard InChI is InChI=1S/C11H23N3O/c1-11(10-12,13-2)6-5-7-14(3)8-9-15-4/h13H,5-9H2,1-4H3. The van der Waals surface area contributed by atoms with Gasteiger partial charge in [-0.3, -0.25) is 0 Å². The highest BCUT2D eigenvalue weighted by atomic mass is 16.5. The zero-order valence-electron chi connectivity index (χ0n) is 10.3. The molecule has 1 N–H and O–H groups in total. The maximum atomic E-state index is 8.95. The summed E-state index contributed by atoms with van der Waals surface area (Å²) in [5, 5.41) is 12.0. The number of rotatable bonds is 8. The van der Waals surface area contributed by atoms with Crippen LogP contribution in [0.3, 0.4) is 0 Å². The van der Waals surface area contributed by atoms with Gasteiger partial charge in [-0.05, 0) is 40.4 Å². The molecular formula is C11H23N3O. The van der Waals surface area contributed by atoms with Gasteiger partial charge in [0.1, 0.15) is 5.54 Å². The van der Waals surface area contributed by atoms with Crippen LogP contribution in [0.25, 0.3) is 0 Å². The summed E-state index contributed by atoms with van der Waals surface area (Å²) in [5.74, 6) is 0. The Hall–Kier alpha value is -0.630. The number of nitrogens with zero attached hydrogens (tertiary/aromatic N) is 2. The van der Waals surface area contributed by atoms with Gasteiger partial charge in [0.25, 0.3) is 0 Å². The second-order valence-corrected chi connectivity index (χ2v) is 4.09. The predicted molar refractivity (Wildman–Crippen MR) is 61.7 cm³/mol. The highest BCUT2D eigenvalue weighted by Crippen LogP contribution is 2.10. The molecule has 0 radical (unpaired) electrons. The Bertz CT molecular complexity index is 202. The highest BCUT2D eigenvalue weighted by molar-refractivity contribution is 5.02. The quantitative estimate of drug-likeness (QED) is 0.649. The van der Waals surface area contributed by atoms with Crippen molar-refractivity contribution in [1.82, 2.24) is 10.2 Å². The summed E-state index contributed by atoms with van der Waals surface area (Å²) in [6.45, 7) is 4.64. The van der Waals surface area contributed by atoms with Crippen LogP contribution in [0.4, 0.5) is 0 Å². The summed E-state index contributed by atoms with van der Waals surface area (Å²) in [6, 6.07) is 2.29. The SMILES string of the molecule is CNC(C)(C#N)CCCN(C)CCOC. The molecular weight excluding hydrogens is 190 g/mol. The van der Waals surface area contributed by atoms with E-state index in [0.29, 0.717) is 0 Å². The van der Waals surface area contributed by atoms with Crippen molar-refractivity contribution in [1.29, 1.82) is 5.26 Å². The van der Waals surface area contributed by atoms with E-state index in [9.17, 15) is 0 Å². The number of hydrogen-bond donors (Lipinski definition) is 1. The smallest absolute Gasteiger partial charge is 0.103 e. The van der Waals surface area contributed by atoms with Crippen molar-refractivity contribution < 1.29 is 4.74 Å². The van der Waals surface area contributed by atoms with Crippen molar-refractivity contribution in [3.8, 4) is 6.07 Å². The second-order valence-electron chi connectivity index (χ2n) is 4.09. The molecule has 0 spiro atoms. The molecule has 0 aromatic rings. The Morgan fingerprint density at radius 1 is 1.47 bits per heavy atom. The molecule has 0 rings (SSSR count). The molecule has 0 bridgehead atoms. The van der Waals surface area contributed by atoms with Gasteiger partial charge in [0.2, 0.25) is 0 Å². The van der Waals surface area contributed by atoms with Gasteiger partial charge in [0.05, 0.1) is 12.7 Å². The van der Waals surface area contributed by atoms with E-state index in [1.54, 1.807) is 7.11 Å². The molecule has 0 aromatic carbocycles. The van der Waals surface area contributed by atoms with E-state index in [-0.39, 0.29) is 5.54 Å². The normalized spacial score (nSPS) is 14.9. The maximum absolute atomic E-state index is 8.95. The highest BCUT2D eigenvalue weighted by Gasteiger charge is 2.20. The van der Waals surface area contributed by atoms with Gasteiger partial charge in [-0.15, -0.1) is 0 Å². The van der Waals surface area contributed by atoms with Crippen LogP contribution in [0.5, 0.6) is 0 Å². The largest absolute Gasteiger partial charge is 0.383 e. The van der Waals surface area contributed by atoms with Crippen LogP contribution in [0.1, 0.15) is 19.8 Å². The third-order valence-electron chi connectivity index (χ3n) is 2.69. The summed E-state index contributed by atoms with van der Waals surface area (Å²) >= 11 is 0. The van der Waals surface area contributed by atoms with Gasteiger partial charge < -0.3 is 15.0 Å². The molecule has 88 valence electrons. The van der Waals surface area contributed by atoms with Gasteiger partial charge in [0, 0.05) is 13.7 Å². The zero-order chi connectivity index (χ0) is 11.7. The van der Waals surface area contributed by atoms with E-state index >= 15 is 0 Å². The van der Waals surface area contributed by atoms with Gasteiger partial charge in [-0.2, -0.15) is 5.26 Å². The minimum absolute atomic E-state index is 0.387. The predicted octanol–water partition coefficient (Wildman–Crippen LogP) is 0.846. The third-order valence-corrected chi connectivity index (χ3v) is 2.69. The molecule has 4 nitrogen and oxygen atoms in total. The van der Waals surface area contributed by atoms with Crippen LogP contribution in [0.2, 0.25) is 0 Å². The number of nitrogens with one attached hydrogen (secondary N) is 1. The molecule has 1 unspecified atom stereocenters. The molecule has 4 heteroatoms. The number of nitriles is 1. The summed E-state index contributed by atoms with van der Waals surface area (Å²) in [4.78, 5) is 2.22. The van der Waals surface area contributed by atoms with E-state index in [1.165, 1.54) is 0 Å². The topological polar surface area (TPSA) is 48.3 Å². The van der Waals surface area contributed by atoms with E-state index in [1.807, 2.05) is 14.0 Å². The number of hydrogen-bond acceptors (Lipinski definition) is 4. The Morgan fingerprint density at radius 3 is 2.60 bits per heavy atom. The molecule has 0 heterocycles. The average Bonchev–Trinajstić information content (AvgIpc) is 2.26. The van der Waals surface area contributed by atoms with Crippen LogP contribution in [-0.2, 0) is 4.74 Å². The van der Waals surface area contributed by atoms with Gasteiger partial charge in [0.15, 0.2) is 0 Å². The van der Waals surface area contributed by atoms with Gasteiger partial charge in [-0.25, -0.2) is 0 Å². The molecule has 15 heavy (non-hydrogen) atoms. The third kappa shape index (κ3) is 6.45. The van der Waals surface area contributed by atoms with E-state index in [4.69, 9.17) is 10.00 Å². The fourth-order valence-electron chi connectivity index (χ4n) is 1.30. The lowest BCUT2D eigenvalue weighted by atomic mass is 9.98. The van der Waals surface area contributed by atoms with Crippen LogP contribution < -0.4 is 5.32 Å².